The van der Waals surface area contributed by atoms with Gasteiger partial charge < -0.3 is 9.64 Å². The summed E-state index contributed by atoms with van der Waals surface area (Å²) in [6.07, 6.45) is 3.40. The van der Waals surface area contributed by atoms with E-state index in [9.17, 15) is 9.59 Å². The minimum Gasteiger partial charge on any atom is -0.444 e. The number of piperidine rings is 1. The molecule has 2 rings (SSSR count). The summed E-state index contributed by atoms with van der Waals surface area (Å²) >= 11 is 1.34. The van der Waals surface area contributed by atoms with Crippen molar-refractivity contribution in [3.8, 4) is 0 Å². The minimum atomic E-state index is -0.524. The zero-order valence-electron chi connectivity index (χ0n) is 13.7. The Morgan fingerprint density at radius 1 is 1.45 bits per heavy atom. The van der Waals surface area contributed by atoms with Crippen LogP contribution in [0.4, 0.5) is 4.79 Å². The number of aromatic nitrogens is 1. The number of Topliss-reactive ketones (excluding diaryl/α,β-unsaturated/α-hetero) is 1. The summed E-state index contributed by atoms with van der Waals surface area (Å²) in [4.78, 5) is 30.5. The van der Waals surface area contributed by atoms with Crippen molar-refractivity contribution in [1.29, 1.82) is 0 Å². The molecule has 2 heterocycles. The predicted molar refractivity (Wildman–Crippen MR) is 86.2 cm³/mol. The van der Waals surface area contributed by atoms with Gasteiger partial charge in [0.15, 0.2) is 10.8 Å². The van der Waals surface area contributed by atoms with Crippen LogP contribution in [-0.2, 0) is 4.74 Å². The molecule has 1 saturated heterocycles. The van der Waals surface area contributed by atoms with Gasteiger partial charge in [0.1, 0.15) is 5.60 Å². The maximum Gasteiger partial charge on any atom is 0.410 e. The molecular formula is C16H24N2O3S. The summed E-state index contributed by atoms with van der Waals surface area (Å²) in [6.45, 7) is 8.37. The minimum absolute atomic E-state index is 0.00246. The number of likely N-dealkylation sites (tertiary alicyclic amines) is 1. The molecule has 0 aliphatic carbocycles. The van der Waals surface area contributed by atoms with Gasteiger partial charge in [-0.05, 0) is 39.5 Å². The molecule has 1 aromatic rings. The van der Waals surface area contributed by atoms with Gasteiger partial charge in [-0.2, -0.15) is 0 Å². The highest BCUT2D eigenvalue weighted by Crippen LogP contribution is 2.27. The molecule has 0 saturated carbocycles. The maximum atomic E-state index is 12.4. The van der Waals surface area contributed by atoms with Crippen LogP contribution in [0.3, 0.4) is 0 Å². The van der Waals surface area contributed by atoms with Gasteiger partial charge in [-0.3, -0.25) is 4.79 Å². The average molecular weight is 324 g/mol. The van der Waals surface area contributed by atoms with Gasteiger partial charge in [0.25, 0.3) is 0 Å². The Bertz CT molecular complexity index is 522. The molecule has 22 heavy (non-hydrogen) atoms. The van der Waals surface area contributed by atoms with Crippen LogP contribution >= 0.6 is 11.3 Å². The zero-order valence-corrected chi connectivity index (χ0v) is 14.5. The molecule has 1 fully saturated rings. The van der Waals surface area contributed by atoms with E-state index in [4.69, 9.17) is 4.74 Å². The molecule has 2 atom stereocenters. The fourth-order valence-electron chi connectivity index (χ4n) is 2.67. The number of rotatable bonds is 3. The highest BCUT2D eigenvalue weighted by atomic mass is 32.1. The predicted octanol–water partition coefficient (Wildman–Crippen LogP) is 3.75. The van der Waals surface area contributed by atoms with Gasteiger partial charge in [-0.25, -0.2) is 9.78 Å². The summed E-state index contributed by atoms with van der Waals surface area (Å²) in [5.41, 5.74) is -0.524. The van der Waals surface area contributed by atoms with Gasteiger partial charge >= 0.3 is 6.09 Å². The summed E-state index contributed by atoms with van der Waals surface area (Å²) in [5.74, 6) is 0.510. The molecule has 0 N–H and O–H groups in total. The zero-order chi connectivity index (χ0) is 16.3. The SMILES string of the molecule is CC1CCN(C(=O)OC(C)(C)C)C(CC(=O)c2nccs2)C1. The van der Waals surface area contributed by atoms with E-state index in [2.05, 4.69) is 11.9 Å². The Kier molecular flexibility index (Phi) is 5.21. The molecule has 1 aliphatic heterocycles. The first-order valence-electron chi connectivity index (χ1n) is 7.68. The molecule has 5 nitrogen and oxygen atoms in total. The Labute approximate surface area is 135 Å². The van der Waals surface area contributed by atoms with Crippen molar-refractivity contribution >= 4 is 23.2 Å². The third-order valence-corrected chi connectivity index (χ3v) is 4.51. The number of carbonyl (C=O) groups is 2. The van der Waals surface area contributed by atoms with Gasteiger partial charge in [0.2, 0.25) is 0 Å². The molecular weight excluding hydrogens is 300 g/mol. The first kappa shape index (κ1) is 16.9. The molecule has 1 aromatic heterocycles. The summed E-state index contributed by atoms with van der Waals surface area (Å²) in [7, 11) is 0. The van der Waals surface area contributed by atoms with E-state index >= 15 is 0 Å². The third-order valence-electron chi connectivity index (χ3n) is 3.70. The van der Waals surface area contributed by atoms with Crippen molar-refractivity contribution < 1.29 is 14.3 Å². The summed E-state index contributed by atoms with van der Waals surface area (Å²) < 4.78 is 5.48. The third kappa shape index (κ3) is 4.53. The van der Waals surface area contributed by atoms with Gasteiger partial charge in [0.05, 0.1) is 0 Å². The molecule has 0 radical (unpaired) electrons. The van der Waals surface area contributed by atoms with E-state index in [0.717, 1.165) is 12.8 Å². The van der Waals surface area contributed by atoms with Crippen LogP contribution in [-0.4, -0.2) is 39.9 Å². The van der Waals surface area contributed by atoms with Crippen molar-refractivity contribution in [1.82, 2.24) is 9.88 Å². The van der Waals surface area contributed by atoms with Crippen molar-refractivity contribution in [2.24, 2.45) is 5.92 Å². The van der Waals surface area contributed by atoms with E-state index < -0.39 is 5.60 Å². The largest absolute Gasteiger partial charge is 0.444 e. The second-order valence-electron chi connectivity index (χ2n) is 6.92. The van der Waals surface area contributed by atoms with E-state index in [-0.39, 0.29) is 17.9 Å². The Balaban J connectivity index is 2.06. The lowest BCUT2D eigenvalue weighted by Crippen LogP contribution is -2.48. The summed E-state index contributed by atoms with van der Waals surface area (Å²) in [5, 5.41) is 2.31. The van der Waals surface area contributed by atoms with E-state index in [1.54, 1.807) is 16.5 Å². The number of ether oxygens (including phenoxy) is 1. The molecule has 1 aliphatic rings. The Morgan fingerprint density at radius 3 is 2.77 bits per heavy atom. The number of thiazole rings is 1. The first-order chi connectivity index (χ1) is 10.3. The maximum absolute atomic E-state index is 12.4. The smallest absolute Gasteiger partial charge is 0.410 e. The number of hydrogen-bond donors (Lipinski definition) is 0. The number of amides is 1. The lowest BCUT2D eigenvalue weighted by Gasteiger charge is -2.38. The van der Waals surface area contributed by atoms with Gasteiger partial charge in [-0.1, -0.05) is 6.92 Å². The highest BCUT2D eigenvalue weighted by Gasteiger charge is 2.34. The van der Waals surface area contributed by atoms with Crippen LogP contribution in [0.15, 0.2) is 11.6 Å². The number of ketones is 1. The molecule has 2 unspecified atom stereocenters. The molecule has 6 heteroatoms. The topological polar surface area (TPSA) is 59.5 Å². The van der Waals surface area contributed by atoms with E-state index in [1.165, 1.54) is 11.3 Å². The van der Waals surface area contributed by atoms with Crippen LogP contribution in [0, 0.1) is 5.92 Å². The van der Waals surface area contributed by atoms with Crippen molar-refractivity contribution in [2.75, 3.05) is 6.54 Å². The second-order valence-corrected chi connectivity index (χ2v) is 7.82. The fourth-order valence-corrected chi connectivity index (χ4v) is 3.26. The number of carbonyl (C=O) groups excluding carboxylic acids is 2. The second kappa shape index (κ2) is 6.77. The molecule has 1 amide bonds. The standard InChI is InChI=1S/C16H24N2O3S/c1-11-5-7-18(15(20)21-16(2,3)4)12(9-11)10-13(19)14-17-6-8-22-14/h6,8,11-12H,5,7,9-10H2,1-4H3. The van der Waals surface area contributed by atoms with Gasteiger partial charge in [-0.15, -0.1) is 11.3 Å². The molecule has 122 valence electrons. The van der Waals surface area contributed by atoms with Crippen LogP contribution in [0.2, 0.25) is 0 Å². The fraction of sp³-hybridized carbons (Fsp3) is 0.688. The quantitative estimate of drug-likeness (QED) is 0.795. The molecule has 0 bridgehead atoms. The van der Waals surface area contributed by atoms with Crippen molar-refractivity contribution in [3.05, 3.63) is 16.6 Å². The molecule has 0 spiro atoms. The van der Waals surface area contributed by atoms with E-state index in [0.29, 0.717) is 23.9 Å². The Morgan fingerprint density at radius 2 is 2.18 bits per heavy atom. The lowest BCUT2D eigenvalue weighted by molar-refractivity contribution is 0.00514. The van der Waals surface area contributed by atoms with Crippen LogP contribution in [0.25, 0.3) is 0 Å². The number of hydrogen-bond acceptors (Lipinski definition) is 5. The highest BCUT2D eigenvalue weighted by molar-refractivity contribution is 7.11. The average Bonchev–Trinajstić information content (AvgIpc) is 2.90. The van der Waals surface area contributed by atoms with Crippen LogP contribution < -0.4 is 0 Å². The lowest BCUT2D eigenvalue weighted by atomic mass is 9.90. The van der Waals surface area contributed by atoms with E-state index in [1.807, 2.05) is 20.8 Å². The first-order valence-corrected chi connectivity index (χ1v) is 8.56. The number of nitrogens with zero attached hydrogens (tertiary/aromatic N) is 2. The summed E-state index contributed by atoms with van der Waals surface area (Å²) in [6, 6.07) is -0.102. The van der Waals surface area contributed by atoms with Crippen LogP contribution in [0.5, 0.6) is 0 Å². The molecule has 0 aromatic carbocycles. The Hall–Kier alpha value is -1.43. The van der Waals surface area contributed by atoms with Crippen molar-refractivity contribution in [3.63, 3.8) is 0 Å². The van der Waals surface area contributed by atoms with Gasteiger partial charge in [0, 0.05) is 30.6 Å². The van der Waals surface area contributed by atoms with Crippen LogP contribution in [0.1, 0.15) is 56.8 Å². The normalized spacial score (nSPS) is 22.5. The monoisotopic (exact) mass is 324 g/mol. The van der Waals surface area contributed by atoms with Crippen molar-refractivity contribution in [2.45, 2.75) is 58.6 Å².